The van der Waals surface area contributed by atoms with Crippen molar-refractivity contribution in [2.75, 3.05) is 4.90 Å². The van der Waals surface area contributed by atoms with Gasteiger partial charge in [0, 0.05) is 28.4 Å². The minimum Gasteiger partial charge on any atom is -0.311 e. The topological polar surface area (TPSA) is 3.24 Å². The van der Waals surface area contributed by atoms with Gasteiger partial charge >= 0.3 is 0 Å². The molecule has 1 heteroatoms. The van der Waals surface area contributed by atoms with Gasteiger partial charge in [0.2, 0.25) is 0 Å². The minimum atomic E-state index is 0.0134. The summed E-state index contributed by atoms with van der Waals surface area (Å²) in [6.45, 7) is 4.80. The van der Waals surface area contributed by atoms with E-state index < -0.39 is 0 Å². The van der Waals surface area contributed by atoms with Gasteiger partial charge in [-0.15, -0.1) is 0 Å². The number of para-hydroxylation sites is 1. The summed E-state index contributed by atoms with van der Waals surface area (Å²) < 4.78 is 0. The van der Waals surface area contributed by atoms with Crippen molar-refractivity contribution in [1.82, 2.24) is 0 Å². The molecule has 1 nitrogen and oxygen atoms in total. The summed E-state index contributed by atoms with van der Waals surface area (Å²) in [6, 6.07) is 55.2. The SMILES string of the molecule is CC1(C)C2=Cc3ccccc3CC2c2ccc(-c3ccc(N(c4ccccc4)c4ccc(-c5ccccc5)cc4)cc3)cc21. The largest absolute Gasteiger partial charge is 0.311 e. The predicted molar refractivity (Wildman–Crippen MR) is 186 cm³/mol. The summed E-state index contributed by atoms with van der Waals surface area (Å²) in [4.78, 5) is 2.33. The van der Waals surface area contributed by atoms with Gasteiger partial charge in [-0.05, 0) is 93.4 Å². The van der Waals surface area contributed by atoms with Crippen molar-refractivity contribution >= 4 is 23.1 Å². The Balaban J connectivity index is 1.13. The molecule has 0 radical (unpaired) electrons. The summed E-state index contributed by atoms with van der Waals surface area (Å²) in [5.74, 6) is 0.471. The van der Waals surface area contributed by atoms with Crippen molar-refractivity contribution in [2.45, 2.75) is 31.6 Å². The molecule has 2 aliphatic rings. The lowest BCUT2D eigenvalue weighted by molar-refractivity contribution is 0.614. The van der Waals surface area contributed by atoms with Crippen molar-refractivity contribution in [2.24, 2.45) is 0 Å². The van der Waals surface area contributed by atoms with Crippen LogP contribution >= 0.6 is 0 Å². The van der Waals surface area contributed by atoms with Crippen LogP contribution in [-0.4, -0.2) is 0 Å². The molecule has 0 saturated carbocycles. The van der Waals surface area contributed by atoms with E-state index in [0.717, 1.165) is 23.5 Å². The molecule has 0 amide bonds. The zero-order valence-electron chi connectivity index (χ0n) is 25.2. The Kier molecular flexibility index (Phi) is 6.34. The lowest BCUT2D eigenvalue weighted by Crippen LogP contribution is -2.19. The molecule has 0 aliphatic heterocycles. The summed E-state index contributed by atoms with van der Waals surface area (Å²) in [5, 5.41) is 0. The van der Waals surface area contributed by atoms with Gasteiger partial charge in [-0.1, -0.05) is 135 Å². The third-order valence-electron chi connectivity index (χ3n) is 9.70. The fourth-order valence-electron chi connectivity index (χ4n) is 7.35. The molecule has 0 fully saturated rings. The average molecular weight is 566 g/mol. The Morgan fingerprint density at radius 2 is 1.05 bits per heavy atom. The first kappa shape index (κ1) is 26.5. The van der Waals surface area contributed by atoms with Crippen LogP contribution in [-0.2, 0) is 11.8 Å². The predicted octanol–water partition coefficient (Wildman–Crippen LogP) is 11.5. The highest BCUT2D eigenvalue weighted by Gasteiger charge is 2.43. The molecule has 44 heavy (non-hydrogen) atoms. The Hall–Kier alpha value is -5.14. The van der Waals surface area contributed by atoms with E-state index in [4.69, 9.17) is 0 Å². The highest BCUT2D eigenvalue weighted by molar-refractivity contribution is 5.80. The molecular formula is C43H35N. The van der Waals surface area contributed by atoms with Crippen molar-refractivity contribution in [3.8, 4) is 22.3 Å². The average Bonchev–Trinajstić information content (AvgIpc) is 3.30. The van der Waals surface area contributed by atoms with Crippen LogP contribution in [0.3, 0.4) is 0 Å². The monoisotopic (exact) mass is 565 g/mol. The van der Waals surface area contributed by atoms with Gasteiger partial charge in [-0.2, -0.15) is 0 Å². The molecule has 0 spiro atoms. The zero-order chi connectivity index (χ0) is 29.7. The van der Waals surface area contributed by atoms with Crippen LogP contribution in [0.1, 0.15) is 42.0 Å². The number of benzene rings is 6. The van der Waals surface area contributed by atoms with E-state index in [1.54, 1.807) is 5.57 Å². The summed E-state index contributed by atoms with van der Waals surface area (Å²) in [6.07, 6.45) is 3.55. The molecule has 212 valence electrons. The number of hydrogen-bond acceptors (Lipinski definition) is 1. The van der Waals surface area contributed by atoms with Gasteiger partial charge in [0.1, 0.15) is 0 Å². The van der Waals surface area contributed by atoms with Crippen LogP contribution in [0.2, 0.25) is 0 Å². The van der Waals surface area contributed by atoms with Crippen LogP contribution in [0.25, 0.3) is 28.3 Å². The molecule has 1 atom stereocenters. The van der Waals surface area contributed by atoms with Gasteiger partial charge in [0.25, 0.3) is 0 Å². The van der Waals surface area contributed by atoms with E-state index in [-0.39, 0.29) is 5.41 Å². The second-order valence-corrected chi connectivity index (χ2v) is 12.6. The smallest absolute Gasteiger partial charge is 0.0462 e. The molecule has 0 heterocycles. The number of hydrogen-bond donors (Lipinski definition) is 0. The third kappa shape index (κ3) is 4.48. The van der Waals surface area contributed by atoms with E-state index in [2.05, 4.69) is 176 Å². The summed E-state index contributed by atoms with van der Waals surface area (Å²) >= 11 is 0. The normalized spacial score (nSPS) is 16.0. The molecule has 6 aromatic rings. The summed E-state index contributed by atoms with van der Waals surface area (Å²) in [5.41, 5.74) is 15.8. The van der Waals surface area contributed by atoms with E-state index in [1.807, 2.05) is 0 Å². The Bertz CT molecular complexity index is 1980. The van der Waals surface area contributed by atoms with Gasteiger partial charge in [0.05, 0.1) is 0 Å². The molecule has 0 aromatic heterocycles. The molecule has 2 aliphatic carbocycles. The first-order valence-corrected chi connectivity index (χ1v) is 15.6. The van der Waals surface area contributed by atoms with Crippen LogP contribution < -0.4 is 4.90 Å². The quantitative estimate of drug-likeness (QED) is 0.201. The van der Waals surface area contributed by atoms with Crippen molar-refractivity contribution < 1.29 is 0 Å². The Morgan fingerprint density at radius 3 is 1.73 bits per heavy atom. The zero-order valence-corrected chi connectivity index (χ0v) is 25.2. The third-order valence-corrected chi connectivity index (χ3v) is 9.70. The highest BCUT2D eigenvalue weighted by atomic mass is 15.1. The molecule has 1 unspecified atom stereocenters. The van der Waals surface area contributed by atoms with Crippen LogP contribution in [0.5, 0.6) is 0 Å². The maximum absolute atomic E-state index is 2.46. The van der Waals surface area contributed by atoms with Gasteiger partial charge in [-0.25, -0.2) is 0 Å². The Labute approximate surface area is 260 Å². The molecule has 0 bridgehead atoms. The number of allylic oxidation sites excluding steroid dienone is 1. The molecule has 0 N–H and O–H groups in total. The van der Waals surface area contributed by atoms with Crippen molar-refractivity contribution in [1.29, 1.82) is 0 Å². The van der Waals surface area contributed by atoms with E-state index in [1.165, 1.54) is 44.5 Å². The highest BCUT2D eigenvalue weighted by Crippen LogP contribution is 2.54. The van der Waals surface area contributed by atoms with Crippen molar-refractivity contribution in [3.63, 3.8) is 0 Å². The molecular weight excluding hydrogens is 530 g/mol. The van der Waals surface area contributed by atoms with E-state index in [0.29, 0.717) is 5.92 Å². The maximum Gasteiger partial charge on any atom is 0.0462 e. The first-order valence-electron chi connectivity index (χ1n) is 15.6. The fourth-order valence-corrected chi connectivity index (χ4v) is 7.35. The fraction of sp³-hybridized carbons (Fsp3) is 0.116. The van der Waals surface area contributed by atoms with Gasteiger partial charge < -0.3 is 4.90 Å². The number of rotatable bonds is 5. The second kappa shape index (κ2) is 10.5. The van der Waals surface area contributed by atoms with Crippen molar-refractivity contribution in [3.05, 3.63) is 179 Å². The van der Waals surface area contributed by atoms with Crippen LogP contribution in [0.15, 0.2) is 157 Å². The minimum absolute atomic E-state index is 0.0134. The molecule has 6 aromatic carbocycles. The lowest BCUT2D eigenvalue weighted by Gasteiger charge is -2.28. The Morgan fingerprint density at radius 1 is 0.523 bits per heavy atom. The number of anilines is 3. The maximum atomic E-state index is 2.46. The molecule has 0 saturated heterocycles. The number of nitrogens with zero attached hydrogens (tertiary/aromatic N) is 1. The standard InChI is InChI=1S/C43H35N/c1-43(2)41-29-35(21-26-39(41)40-27-33-13-9-10-14-34(33)28-42(40)43)32-19-24-38(25-20-32)44(36-15-7-4-8-16-36)37-22-17-31(18-23-37)30-11-5-3-6-12-30/h3-26,28-29,40H,27H2,1-2H3. The van der Waals surface area contributed by atoms with Gasteiger partial charge in [0.15, 0.2) is 0 Å². The van der Waals surface area contributed by atoms with Crippen LogP contribution in [0, 0.1) is 0 Å². The summed E-state index contributed by atoms with van der Waals surface area (Å²) in [7, 11) is 0. The van der Waals surface area contributed by atoms with E-state index >= 15 is 0 Å². The van der Waals surface area contributed by atoms with E-state index in [9.17, 15) is 0 Å². The number of fused-ring (bicyclic) bond motifs is 4. The van der Waals surface area contributed by atoms with Crippen LogP contribution in [0.4, 0.5) is 17.1 Å². The lowest BCUT2D eigenvalue weighted by atomic mass is 9.75. The molecule has 8 rings (SSSR count). The van der Waals surface area contributed by atoms with Gasteiger partial charge in [-0.3, -0.25) is 0 Å². The first-order chi connectivity index (χ1) is 21.6. The second-order valence-electron chi connectivity index (χ2n) is 12.6.